The maximum absolute atomic E-state index is 12.6. The summed E-state index contributed by atoms with van der Waals surface area (Å²) in [6.45, 7) is 3.95. The molecule has 2 amide bonds. The lowest BCUT2D eigenvalue weighted by atomic mass is 10.1. The SMILES string of the molecule is CN1CCCC1C(=O)N1CCN(C(=O)COCc2ccccc2)CC1. The molecule has 0 radical (unpaired) electrons. The van der Waals surface area contributed by atoms with Gasteiger partial charge in [0.1, 0.15) is 6.61 Å². The lowest BCUT2D eigenvalue weighted by Crippen LogP contribution is -2.54. The molecule has 1 unspecified atom stereocenters. The zero-order chi connectivity index (χ0) is 17.6. The maximum atomic E-state index is 12.6. The largest absolute Gasteiger partial charge is 0.367 e. The van der Waals surface area contributed by atoms with Crippen molar-refractivity contribution in [1.82, 2.24) is 14.7 Å². The molecule has 0 aliphatic carbocycles. The molecule has 0 spiro atoms. The van der Waals surface area contributed by atoms with Crippen LogP contribution in [0.4, 0.5) is 0 Å². The van der Waals surface area contributed by atoms with E-state index in [-0.39, 0.29) is 24.5 Å². The van der Waals surface area contributed by atoms with E-state index in [1.807, 2.05) is 42.3 Å². The molecule has 0 saturated carbocycles. The normalized spacial score (nSPS) is 21.6. The van der Waals surface area contributed by atoms with Crippen LogP contribution in [0.5, 0.6) is 0 Å². The van der Waals surface area contributed by atoms with Crippen molar-refractivity contribution < 1.29 is 14.3 Å². The topological polar surface area (TPSA) is 53.1 Å². The van der Waals surface area contributed by atoms with Crippen LogP contribution in [-0.4, -0.2) is 78.9 Å². The third-order valence-electron chi connectivity index (χ3n) is 5.09. The lowest BCUT2D eigenvalue weighted by Gasteiger charge is -2.36. The molecule has 0 bridgehead atoms. The molecule has 0 aromatic heterocycles. The summed E-state index contributed by atoms with van der Waals surface area (Å²) in [6, 6.07) is 9.86. The van der Waals surface area contributed by atoms with Gasteiger partial charge in [-0.2, -0.15) is 0 Å². The number of likely N-dealkylation sites (N-methyl/N-ethyl adjacent to an activating group) is 1. The van der Waals surface area contributed by atoms with Crippen LogP contribution in [-0.2, 0) is 20.9 Å². The van der Waals surface area contributed by atoms with Crippen LogP contribution >= 0.6 is 0 Å². The average Bonchev–Trinajstić information content (AvgIpc) is 3.08. The molecule has 1 aromatic rings. The first-order chi connectivity index (χ1) is 12.1. The third kappa shape index (κ3) is 4.58. The number of amides is 2. The van der Waals surface area contributed by atoms with E-state index in [0.29, 0.717) is 32.8 Å². The molecule has 2 heterocycles. The minimum atomic E-state index is 0.000939. The van der Waals surface area contributed by atoms with Crippen molar-refractivity contribution in [2.24, 2.45) is 0 Å². The van der Waals surface area contributed by atoms with E-state index >= 15 is 0 Å². The number of hydrogen-bond acceptors (Lipinski definition) is 4. The number of benzene rings is 1. The summed E-state index contributed by atoms with van der Waals surface area (Å²) in [4.78, 5) is 30.7. The molecule has 136 valence electrons. The molecule has 2 fully saturated rings. The first kappa shape index (κ1) is 17.9. The van der Waals surface area contributed by atoms with Gasteiger partial charge in [-0.3, -0.25) is 14.5 Å². The van der Waals surface area contributed by atoms with Crippen molar-refractivity contribution in [3.8, 4) is 0 Å². The van der Waals surface area contributed by atoms with Gasteiger partial charge in [0, 0.05) is 26.2 Å². The molecule has 1 atom stereocenters. The monoisotopic (exact) mass is 345 g/mol. The second-order valence-electron chi connectivity index (χ2n) is 6.82. The summed E-state index contributed by atoms with van der Waals surface area (Å²) in [5.74, 6) is 0.216. The van der Waals surface area contributed by atoms with Crippen molar-refractivity contribution in [2.75, 3.05) is 46.4 Å². The highest BCUT2D eigenvalue weighted by molar-refractivity contribution is 5.83. The Hall–Kier alpha value is -1.92. The van der Waals surface area contributed by atoms with Crippen molar-refractivity contribution in [1.29, 1.82) is 0 Å². The highest BCUT2D eigenvalue weighted by Crippen LogP contribution is 2.18. The molecule has 2 saturated heterocycles. The van der Waals surface area contributed by atoms with Crippen molar-refractivity contribution in [2.45, 2.75) is 25.5 Å². The molecular weight excluding hydrogens is 318 g/mol. The Balaban J connectivity index is 1.39. The fourth-order valence-corrected chi connectivity index (χ4v) is 3.53. The smallest absolute Gasteiger partial charge is 0.248 e. The quantitative estimate of drug-likeness (QED) is 0.798. The number of carbonyl (C=O) groups is 2. The van der Waals surface area contributed by atoms with Gasteiger partial charge in [-0.25, -0.2) is 0 Å². The van der Waals surface area contributed by atoms with Gasteiger partial charge in [-0.05, 0) is 32.0 Å². The number of piperazine rings is 1. The molecule has 0 N–H and O–H groups in total. The summed E-state index contributed by atoms with van der Waals surface area (Å²) in [5.41, 5.74) is 1.06. The zero-order valence-electron chi connectivity index (χ0n) is 14.9. The Morgan fingerprint density at radius 2 is 1.72 bits per heavy atom. The van der Waals surface area contributed by atoms with Crippen molar-refractivity contribution in [3.05, 3.63) is 35.9 Å². The van der Waals surface area contributed by atoms with Crippen LogP contribution in [0.3, 0.4) is 0 Å². The molecular formula is C19H27N3O3. The Bertz CT molecular complexity index is 585. The average molecular weight is 345 g/mol. The van der Waals surface area contributed by atoms with Crippen LogP contribution in [0.15, 0.2) is 30.3 Å². The first-order valence-electron chi connectivity index (χ1n) is 9.03. The minimum absolute atomic E-state index is 0.000939. The third-order valence-corrected chi connectivity index (χ3v) is 5.09. The van der Waals surface area contributed by atoms with Crippen LogP contribution < -0.4 is 0 Å². The van der Waals surface area contributed by atoms with E-state index in [9.17, 15) is 9.59 Å². The molecule has 2 aliphatic rings. The molecule has 6 heteroatoms. The number of hydrogen-bond donors (Lipinski definition) is 0. The van der Waals surface area contributed by atoms with Gasteiger partial charge < -0.3 is 14.5 Å². The van der Waals surface area contributed by atoms with Gasteiger partial charge in [0.25, 0.3) is 0 Å². The predicted octanol–water partition coefficient (Wildman–Crippen LogP) is 0.968. The highest BCUT2D eigenvalue weighted by atomic mass is 16.5. The summed E-state index contributed by atoms with van der Waals surface area (Å²) in [5, 5.41) is 0. The van der Waals surface area contributed by atoms with E-state index in [2.05, 4.69) is 4.90 Å². The van der Waals surface area contributed by atoms with E-state index in [4.69, 9.17) is 4.74 Å². The van der Waals surface area contributed by atoms with E-state index in [0.717, 1.165) is 24.9 Å². The standard InChI is InChI=1S/C19H27N3O3/c1-20-9-5-8-17(20)19(24)22-12-10-21(11-13-22)18(23)15-25-14-16-6-3-2-4-7-16/h2-4,6-7,17H,5,8-15H2,1H3. The lowest BCUT2D eigenvalue weighted by molar-refractivity contribution is -0.144. The second kappa shape index (κ2) is 8.45. The van der Waals surface area contributed by atoms with Crippen molar-refractivity contribution in [3.63, 3.8) is 0 Å². The van der Waals surface area contributed by atoms with Gasteiger partial charge in [0.2, 0.25) is 11.8 Å². The molecule has 25 heavy (non-hydrogen) atoms. The number of carbonyl (C=O) groups excluding carboxylic acids is 2. The number of rotatable bonds is 5. The summed E-state index contributed by atoms with van der Waals surface area (Å²) >= 11 is 0. The Morgan fingerprint density at radius 3 is 2.36 bits per heavy atom. The fraction of sp³-hybridized carbons (Fsp3) is 0.579. The predicted molar refractivity (Wildman–Crippen MR) is 94.9 cm³/mol. The Morgan fingerprint density at radius 1 is 1.04 bits per heavy atom. The highest BCUT2D eigenvalue weighted by Gasteiger charge is 2.33. The van der Waals surface area contributed by atoms with Gasteiger partial charge in [-0.1, -0.05) is 30.3 Å². The van der Waals surface area contributed by atoms with E-state index < -0.39 is 0 Å². The van der Waals surface area contributed by atoms with Crippen LogP contribution in [0, 0.1) is 0 Å². The van der Waals surface area contributed by atoms with Gasteiger partial charge in [0.05, 0.1) is 12.6 Å². The summed E-state index contributed by atoms with van der Waals surface area (Å²) in [6.07, 6.45) is 2.03. The van der Waals surface area contributed by atoms with Crippen LogP contribution in [0.1, 0.15) is 18.4 Å². The summed E-state index contributed by atoms with van der Waals surface area (Å²) < 4.78 is 5.53. The van der Waals surface area contributed by atoms with E-state index in [1.165, 1.54) is 0 Å². The summed E-state index contributed by atoms with van der Waals surface area (Å²) in [7, 11) is 2.01. The van der Waals surface area contributed by atoms with Gasteiger partial charge in [-0.15, -0.1) is 0 Å². The maximum Gasteiger partial charge on any atom is 0.248 e. The van der Waals surface area contributed by atoms with Gasteiger partial charge in [0.15, 0.2) is 0 Å². The minimum Gasteiger partial charge on any atom is -0.367 e. The molecule has 3 rings (SSSR count). The van der Waals surface area contributed by atoms with Crippen molar-refractivity contribution >= 4 is 11.8 Å². The Kier molecular flexibility index (Phi) is 6.04. The van der Waals surface area contributed by atoms with Crippen LogP contribution in [0.2, 0.25) is 0 Å². The first-order valence-corrected chi connectivity index (χ1v) is 9.03. The molecule has 1 aromatic carbocycles. The Labute approximate surface area is 149 Å². The number of ether oxygens (including phenoxy) is 1. The fourth-order valence-electron chi connectivity index (χ4n) is 3.53. The van der Waals surface area contributed by atoms with Crippen LogP contribution in [0.25, 0.3) is 0 Å². The molecule has 6 nitrogen and oxygen atoms in total. The number of likely N-dealkylation sites (tertiary alicyclic amines) is 1. The van der Waals surface area contributed by atoms with Gasteiger partial charge >= 0.3 is 0 Å². The second-order valence-corrected chi connectivity index (χ2v) is 6.82. The zero-order valence-corrected chi connectivity index (χ0v) is 14.9. The molecule has 2 aliphatic heterocycles. The number of nitrogens with zero attached hydrogens (tertiary/aromatic N) is 3. The van der Waals surface area contributed by atoms with E-state index in [1.54, 1.807) is 4.90 Å².